The maximum absolute atomic E-state index is 13.0. The number of nitrogens with zero attached hydrogens (tertiary/aromatic N) is 4. The Morgan fingerprint density at radius 2 is 1.91 bits per heavy atom. The van der Waals surface area contributed by atoms with E-state index in [1.807, 2.05) is 32.0 Å². The van der Waals surface area contributed by atoms with Gasteiger partial charge in [0.15, 0.2) is 11.4 Å². The molecule has 2 amide bonds. The SMILES string of the molecule is COC(=O)N(Cc1ccc(C)cc1C)NC(=O)c1c(Oc2cc(C(F)(F)F)ccn2)cnn1C. The van der Waals surface area contributed by atoms with Gasteiger partial charge in [0.25, 0.3) is 5.91 Å². The van der Waals surface area contributed by atoms with Gasteiger partial charge < -0.3 is 9.47 Å². The number of amides is 2. The molecule has 2 heterocycles. The number of ether oxygens (including phenoxy) is 2. The third-order valence-electron chi connectivity index (χ3n) is 4.86. The van der Waals surface area contributed by atoms with Gasteiger partial charge in [-0.25, -0.2) is 14.8 Å². The predicted octanol–water partition coefficient (Wildman–Crippen LogP) is 4.16. The molecule has 34 heavy (non-hydrogen) atoms. The quantitative estimate of drug-likeness (QED) is 0.555. The average Bonchev–Trinajstić information content (AvgIpc) is 3.13. The lowest BCUT2D eigenvalue weighted by Gasteiger charge is -2.23. The number of hydrogen-bond donors (Lipinski definition) is 1. The molecular formula is C22H22F3N5O4. The average molecular weight is 477 g/mol. The van der Waals surface area contributed by atoms with Gasteiger partial charge in [-0.05, 0) is 31.0 Å². The number of aryl methyl sites for hydroxylation is 3. The van der Waals surface area contributed by atoms with E-state index in [1.165, 1.54) is 14.2 Å². The number of aromatic nitrogens is 3. The summed E-state index contributed by atoms with van der Waals surface area (Å²) in [5.41, 5.74) is 4.05. The number of halogens is 3. The van der Waals surface area contributed by atoms with E-state index in [-0.39, 0.29) is 23.9 Å². The lowest BCUT2D eigenvalue weighted by molar-refractivity contribution is -0.137. The van der Waals surface area contributed by atoms with Crippen LogP contribution in [0.25, 0.3) is 0 Å². The van der Waals surface area contributed by atoms with Crippen LogP contribution in [0.4, 0.5) is 18.0 Å². The Labute approximate surface area is 193 Å². The molecule has 0 aliphatic heterocycles. The summed E-state index contributed by atoms with van der Waals surface area (Å²) in [7, 11) is 2.61. The van der Waals surface area contributed by atoms with Gasteiger partial charge in [-0.1, -0.05) is 23.8 Å². The first-order chi connectivity index (χ1) is 16.0. The predicted molar refractivity (Wildman–Crippen MR) is 114 cm³/mol. The smallest absolute Gasteiger partial charge is 0.428 e. The molecule has 1 aromatic carbocycles. The van der Waals surface area contributed by atoms with E-state index in [9.17, 15) is 22.8 Å². The van der Waals surface area contributed by atoms with E-state index < -0.39 is 23.7 Å². The van der Waals surface area contributed by atoms with E-state index >= 15 is 0 Å². The highest BCUT2D eigenvalue weighted by atomic mass is 19.4. The zero-order valence-corrected chi connectivity index (χ0v) is 18.8. The van der Waals surface area contributed by atoms with Crippen molar-refractivity contribution < 1.29 is 32.2 Å². The van der Waals surface area contributed by atoms with Crippen LogP contribution in [0, 0.1) is 13.8 Å². The molecular weight excluding hydrogens is 455 g/mol. The maximum Gasteiger partial charge on any atom is 0.428 e. The third kappa shape index (κ3) is 5.63. The Balaban J connectivity index is 1.85. The fraction of sp³-hybridized carbons (Fsp3) is 0.273. The second-order valence-electron chi connectivity index (χ2n) is 7.39. The summed E-state index contributed by atoms with van der Waals surface area (Å²) in [5.74, 6) is -1.32. The minimum Gasteiger partial charge on any atom is -0.452 e. The van der Waals surface area contributed by atoms with Crippen LogP contribution in [0.2, 0.25) is 0 Å². The molecule has 3 aromatic rings. The fourth-order valence-electron chi connectivity index (χ4n) is 3.13. The van der Waals surface area contributed by atoms with Crippen LogP contribution in [-0.2, 0) is 24.5 Å². The fourth-order valence-corrected chi connectivity index (χ4v) is 3.13. The number of methoxy groups -OCH3 is 1. The van der Waals surface area contributed by atoms with Gasteiger partial charge in [0, 0.05) is 19.3 Å². The zero-order chi connectivity index (χ0) is 25.0. The van der Waals surface area contributed by atoms with Gasteiger partial charge in [0.05, 0.1) is 25.4 Å². The topological polar surface area (TPSA) is 98.6 Å². The Hall–Kier alpha value is -4.09. The highest BCUT2D eigenvalue weighted by Gasteiger charge is 2.31. The number of nitrogens with one attached hydrogen (secondary N) is 1. The number of carbonyl (C=O) groups excluding carboxylic acids is 2. The normalized spacial score (nSPS) is 11.1. The van der Waals surface area contributed by atoms with Gasteiger partial charge in [0.2, 0.25) is 5.88 Å². The lowest BCUT2D eigenvalue weighted by atomic mass is 10.1. The third-order valence-corrected chi connectivity index (χ3v) is 4.86. The molecule has 0 aliphatic carbocycles. The number of rotatable bonds is 5. The van der Waals surface area contributed by atoms with Crippen LogP contribution in [0.5, 0.6) is 11.6 Å². The zero-order valence-electron chi connectivity index (χ0n) is 18.8. The van der Waals surface area contributed by atoms with Gasteiger partial charge in [-0.15, -0.1) is 0 Å². The summed E-state index contributed by atoms with van der Waals surface area (Å²) in [6.07, 6.45) is -3.32. The molecule has 12 heteroatoms. The van der Waals surface area contributed by atoms with Crippen molar-refractivity contribution in [3.05, 3.63) is 70.7 Å². The van der Waals surface area contributed by atoms with Crippen LogP contribution >= 0.6 is 0 Å². The number of carbonyl (C=O) groups is 2. The summed E-state index contributed by atoms with van der Waals surface area (Å²) in [5, 5.41) is 4.90. The van der Waals surface area contributed by atoms with Gasteiger partial charge in [0.1, 0.15) is 0 Å². The Kier molecular flexibility index (Phi) is 7.08. The minimum atomic E-state index is -4.59. The van der Waals surface area contributed by atoms with Gasteiger partial charge >= 0.3 is 12.3 Å². The van der Waals surface area contributed by atoms with Crippen molar-refractivity contribution in [1.29, 1.82) is 0 Å². The molecule has 0 saturated carbocycles. The van der Waals surface area contributed by atoms with Crippen molar-refractivity contribution in [1.82, 2.24) is 25.2 Å². The monoisotopic (exact) mass is 477 g/mol. The van der Waals surface area contributed by atoms with Crippen molar-refractivity contribution in [3.63, 3.8) is 0 Å². The van der Waals surface area contributed by atoms with E-state index in [0.29, 0.717) is 6.07 Å². The van der Waals surface area contributed by atoms with Crippen molar-refractivity contribution in [2.45, 2.75) is 26.6 Å². The minimum absolute atomic E-state index is 0.00769. The van der Waals surface area contributed by atoms with Crippen LogP contribution in [0.15, 0.2) is 42.7 Å². The van der Waals surface area contributed by atoms with Crippen molar-refractivity contribution in [2.24, 2.45) is 7.05 Å². The molecule has 0 unspecified atom stereocenters. The Bertz CT molecular complexity index is 1210. The Morgan fingerprint density at radius 1 is 1.18 bits per heavy atom. The molecule has 0 fully saturated rings. The molecule has 0 saturated heterocycles. The summed E-state index contributed by atoms with van der Waals surface area (Å²) in [6, 6.07) is 7.13. The van der Waals surface area contributed by atoms with Crippen LogP contribution in [-0.4, -0.2) is 38.9 Å². The molecule has 3 rings (SSSR count). The van der Waals surface area contributed by atoms with Crippen LogP contribution in [0.3, 0.4) is 0 Å². The van der Waals surface area contributed by atoms with E-state index in [2.05, 4.69) is 15.5 Å². The molecule has 1 N–H and O–H groups in total. The van der Waals surface area contributed by atoms with E-state index in [0.717, 1.165) is 44.8 Å². The highest BCUT2D eigenvalue weighted by molar-refractivity contribution is 5.96. The molecule has 0 aliphatic rings. The first kappa shape index (κ1) is 24.6. The molecule has 0 bridgehead atoms. The second-order valence-corrected chi connectivity index (χ2v) is 7.39. The number of alkyl halides is 3. The first-order valence-electron chi connectivity index (χ1n) is 9.95. The lowest BCUT2D eigenvalue weighted by Crippen LogP contribution is -2.46. The molecule has 0 radical (unpaired) electrons. The summed E-state index contributed by atoms with van der Waals surface area (Å²) >= 11 is 0. The standard InChI is InChI=1S/C22H22F3N5O4/c1-13-5-6-15(14(2)9-13)12-30(21(32)33-4)28-20(31)19-17(11-27-29(19)3)34-18-10-16(7-8-26-18)22(23,24)25/h5-11H,12H2,1-4H3,(H,28,31). The second kappa shape index (κ2) is 9.81. The number of hydrogen-bond acceptors (Lipinski definition) is 6. The molecule has 0 atom stereocenters. The number of pyridine rings is 1. The largest absolute Gasteiger partial charge is 0.452 e. The van der Waals surface area contributed by atoms with Crippen molar-refractivity contribution in [2.75, 3.05) is 7.11 Å². The number of benzene rings is 1. The molecule has 9 nitrogen and oxygen atoms in total. The maximum atomic E-state index is 13.0. The number of hydrazine groups is 1. The summed E-state index contributed by atoms with van der Waals surface area (Å²) < 4.78 is 50.3. The van der Waals surface area contributed by atoms with Crippen molar-refractivity contribution in [3.8, 4) is 11.6 Å². The van der Waals surface area contributed by atoms with E-state index in [1.54, 1.807) is 0 Å². The Morgan fingerprint density at radius 3 is 2.56 bits per heavy atom. The first-order valence-corrected chi connectivity index (χ1v) is 9.95. The van der Waals surface area contributed by atoms with Gasteiger partial charge in [-0.3, -0.25) is 14.9 Å². The molecule has 2 aromatic heterocycles. The van der Waals surface area contributed by atoms with Gasteiger partial charge in [-0.2, -0.15) is 18.3 Å². The van der Waals surface area contributed by atoms with Crippen molar-refractivity contribution >= 4 is 12.0 Å². The highest BCUT2D eigenvalue weighted by Crippen LogP contribution is 2.32. The van der Waals surface area contributed by atoms with Crippen LogP contribution < -0.4 is 10.2 Å². The van der Waals surface area contributed by atoms with Crippen LogP contribution in [0.1, 0.15) is 32.7 Å². The summed E-state index contributed by atoms with van der Waals surface area (Å²) in [4.78, 5) is 29.1. The van der Waals surface area contributed by atoms with E-state index in [4.69, 9.17) is 9.47 Å². The molecule has 180 valence electrons. The molecule has 0 spiro atoms. The summed E-state index contributed by atoms with van der Waals surface area (Å²) in [6.45, 7) is 3.81.